The van der Waals surface area contributed by atoms with E-state index >= 15 is 0 Å². The van der Waals surface area contributed by atoms with Crippen LogP contribution in [-0.4, -0.2) is 24.1 Å². The minimum Gasteiger partial charge on any atom is -0.455 e. The van der Waals surface area contributed by atoms with Crippen molar-refractivity contribution in [3.63, 3.8) is 0 Å². The van der Waals surface area contributed by atoms with Crippen molar-refractivity contribution in [1.29, 1.82) is 0 Å². The van der Waals surface area contributed by atoms with E-state index < -0.39 is 0 Å². The fraction of sp³-hybridized carbons (Fsp3) is 0. The Bertz CT molecular complexity index is 4260. The first kappa shape index (κ1) is 37.3. The minimum atomic E-state index is 0.516. The molecular weight excluding hydrogens is 819 g/mol. The Hall–Kier alpha value is -9.13. The lowest BCUT2D eigenvalue weighted by molar-refractivity contribution is 0.669. The second-order valence-electron chi connectivity index (χ2n) is 17.2. The summed E-state index contributed by atoms with van der Waals surface area (Å²) < 4.78 is 11.7. The van der Waals surface area contributed by atoms with Crippen LogP contribution >= 0.6 is 0 Å². The lowest BCUT2D eigenvalue weighted by Gasteiger charge is -2.15. The molecule has 6 nitrogen and oxygen atoms in total. The highest BCUT2D eigenvalue weighted by atomic mass is 16.3. The van der Waals surface area contributed by atoms with Gasteiger partial charge in [0.15, 0.2) is 17.5 Å². The predicted octanol–water partition coefficient (Wildman–Crippen LogP) is 15.8. The van der Waals surface area contributed by atoms with E-state index in [9.17, 15) is 0 Å². The average molecular weight is 856 g/mol. The van der Waals surface area contributed by atoms with Gasteiger partial charge < -0.3 is 13.6 Å². The van der Waals surface area contributed by atoms with E-state index in [1.807, 2.05) is 18.2 Å². The van der Waals surface area contributed by atoms with E-state index in [4.69, 9.17) is 19.4 Å². The summed E-state index contributed by atoms with van der Waals surface area (Å²) in [4.78, 5) is 16.3. The Kier molecular flexibility index (Phi) is 8.18. The molecule has 312 valence electrons. The topological polar surface area (TPSA) is 61.7 Å². The maximum absolute atomic E-state index is 6.97. The molecule has 0 radical (unpaired) electrons. The summed E-state index contributed by atoms with van der Waals surface area (Å²) in [5.41, 5.74) is 12.7. The molecule has 0 saturated carbocycles. The standard InChI is InChI=1S/C61H37N5O/c1-3-15-38(16-4-1)39-27-29-40(30-28-39)59-62-60(43-31-32-47-45-21-9-12-24-51(45)65(54(47)37-43)44-19-5-2-6-20-44)64-61(63-59)57-53(34-33-49-48-23-11-14-26-56(48)67-58(49)57)66-52-25-13-10-22-46(52)50-35-41-17-7-8-18-42(41)36-55(50)66/h1-37H. The van der Waals surface area contributed by atoms with Crippen LogP contribution in [0.15, 0.2) is 229 Å². The number of rotatable bonds is 6. The van der Waals surface area contributed by atoms with Crippen molar-refractivity contribution in [3.05, 3.63) is 224 Å². The first-order valence-corrected chi connectivity index (χ1v) is 22.6. The van der Waals surface area contributed by atoms with Crippen molar-refractivity contribution in [2.45, 2.75) is 0 Å². The SMILES string of the molecule is c1ccc(-c2ccc(-c3nc(-c4ccc5c6ccccc6n(-c6ccccc6)c5c4)nc(-c4c(-n5c6ccccc6c6cc7ccccc7cc65)ccc5c4oc4ccccc45)n3)cc2)cc1. The number of hydrogen-bond donors (Lipinski definition) is 0. The van der Waals surface area contributed by atoms with Gasteiger partial charge in [-0.2, -0.15) is 0 Å². The van der Waals surface area contributed by atoms with E-state index in [1.54, 1.807) is 0 Å². The maximum Gasteiger partial charge on any atom is 0.170 e. The Balaban J connectivity index is 1.07. The second kappa shape index (κ2) is 14.7. The first-order chi connectivity index (χ1) is 33.2. The molecule has 0 aliphatic rings. The molecule has 0 fully saturated rings. The third-order valence-corrected chi connectivity index (χ3v) is 13.4. The summed E-state index contributed by atoms with van der Waals surface area (Å²) in [6.07, 6.45) is 0. The molecule has 6 heteroatoms. The highest BCUT2D eigenvalue weighted by Gasteiger charge is 2.25. The zero-order chi connectivity index (χ0) is 44.0. The highest BCUT2D eigenvalue weighted by Crippen LogP contribution is 2.44. The number of benzene rings is 10. The van der Waals surface area contributed by atoms with Gasteiger partial charge in [-0.05, 0) is 82.6 Å². The largest absolute Gasteiger partial charge is 0.455 e. The fourth-order valence-electron chi connectivity index (χ4n) is 10.2. The van der Waals surface area contributed by atoms with Crippen LogP contribution in [0.2, 0.25) is 0 Å². The summed E-state index contributed by atoms with van der Waals surface area (Å²) in [5, 5.41) is 9.05. The minimum absolute atomic E-state index is 0.516. The number of fused-ring (bicyclic) bond motifs is 10. The van der Waals surface area contributed by atoms with Gasteiger partial charge in [0.2, 0.25) is 0 Å². The molecule has 0 N–H and O–H groups in total. The number of furan rings is 1. The normalized spacial score (nSPS) is 11.9. The lowest BCUT2D eigenvalue weighted by atomic mass is 10.0. The van der Waals surface area contributed by atoms with E-state index in [2.05, 4.69) is 215 Å². The monoisotopic (exact) mass is 855 g/mol. The molecule has 0 unspecified atom stereocenters. The fourth-order valence-corrected chi connectivity index (χ4v) is 10.2. The molecule has 67 heavy (non-hydrogen) atoms. The van der Waals surface area contributed by atoms with Gasteiger partial charge in [-0.1, -0.05) is 164 Å². The van der Waals surface area contributed by atoms with Crippen LogP contribution in [0, 0.1) is 0 Å². The quantitative estimate of drug-likeness (QED) is 0.167. The van der Waals surface area contributed by atoms with E-state index in [1.165, 1.54) is 16.2 Å². The molecule has 0 saturated heterocycles. The van der Waals surface area contributed by atoms with Crippen molar-refractivity contribution < 1.29 is 4.42 Å². The molecule has 4 heterocycles. The Morgan fingerprint density at radius 1 is 0.313 bits per heavy atom. The maximum atomic E-state index is 6.97. The molecule has 0 aliphatic heterocycles. The molecule has 0 amide bonds. The van der Waals surface area contributed by atoms with E-state index in [0.29, 0.717) is 23.1 Å². The number of aromatic nitrogens is 5. The molecule has 0 bridgehead atoms. The van der Waals surface area contributed by atoms with Gasteiger partial charge in [0.1, 0.15) is 11.2 Å². The highest BCUT2D eigenvalue weighted by molar-refractivity contribution is 6.16. The first-order valence-electron chi connectivity index (χ1n) is 22.6. The van der Waals surface area contributed by atoms with Crippen LogP contribution in [0.5, 0.6) is 0 Å². The van der Waals surface area contributed by atoms with E-state index in [0.717, 1.165) is 93.8 Å². The molecule has 0 spiro atoms. The second-order valence-corrected chi connectivity index (χ2v) is 17.2. The number of hydrogen-bond acceptors (Lipinski definition) is 4. The predicted molar refractivity (Wildman–Crippen MR) is 275 cm³/mol. The van der Waals surface area contributed by atoms with E-state index in [-0.39, 0.29) is 0 Å². The molecule has 14 aromatic rings. The zero-order valence-electron chi connectivity index (χ0n) is 36.0. The number of nitrogens with zero attached hydrogens (tertiary/aromatic N) is 5. The van der Waals surface area contributed by atoms with Crippen molar-refractivity contribution in [1.82, 2.24) is 24.1 Å². The Morgan fingerprint density at radius 2 is 0.836 bits per heavy atom. The van der Waals surface area contributed by atoms with Crippen LogP contribution in [0.1, 0.15) is 0 Å². The molecule has 0 atom stereocenters. The Morgan fingerprint density at radius 3 is 1.61 bits per heavy atom. The van der Waals surface area contributed by atoms with Gasteiger partial charge in [0, 0.05) is 49.1 Å². The summed E-state index contributed by atoms with van der Waals surface area (Å²) in [6, 6.07) is 79.1. The van der Waals surface area contributed by atoms with Crippen LogP contribution in [-0.2, 0) is 0 Å². The summed E-state index contributed by atoms with van der Waals surface area (Å²) in [7, 11) is 0. The zero-order valence-corrected chi connectivity index (χ0v) is 36.0. The van der Waals surface area contributed by atoms with Crippen LogP contribution < -0.4 is 0 Å². The number of para-hydroxylation sites is 4. The molecule has 14 rings (SSSR count). The van der Waals surface area contributed by atoms with Crippen molar-refractivity contribution in [2.75, 3.05) is 0 Å². The van der Waals surface area contributed by atoms with Crippen LogP contribution in [0.3, 0.4) is 0 Å². The van der Waals surface area contributed by atoms with Crippen molar-refractivity contribution in [3.8, 4) is 56.7 Å². The molecule has 0 aliphatic carbocycles. The molecule has 10 aromatic carbocycles. The van der Waals surface area contributed by atoms with Crippen LogP contribution in [0.4, 0.5) is 0 Å². The van der Waals surface area contributed by atoms with Crippen molar-refractivity contribution in [2.24, 2.45) is 0 Å². The summed E-state index contributed by atoms with van der Waals surface area (Å²) in [5.74, 6) is 1.64. The van der Waals surface area contributed by atoms with Crippen LogP contribution in [0.25, 0.3) is 133 Å². The van der Waals surface area contributed by atoms with Crippen molar-refractivity contribution >= 4 is 76.3 Å². The van der Waals surface area contributed by atoms with Gasteiger partial charge in [-0.25, -0.2) is 15.0 Å². The summed E-state index contributed by atoms with van der Waals surface area (Å²) >= 11 is 0. The smallest absolute Gasteiger partial charge is 0.170 e. The summed E-state index contributed by atoms with van der Waals surface area (Å²) in [6.45, 7) is 0. The lowest BCUT2D eigenvalue weighted by Crippen LogP contribution is -2.04. The van der Waals surface area contributed by atoms with Gasteiger partial charge in [-0.15, -0.1) is 0 Å². The van der Waals surface area contributed by atoms with Gasteiger partial charge >= 0.3 is 0 Å². The third kappa shape index (κ3) is 5.86. The molecule has 4 aromatic heterocycles. The molecular formula is C61H37N5O. The van der Waals surface area contributed by atoms with Gasteiger partial charge in [-0.3, -0.25) is 0 Å². The average Bonchev–Trinajstić information content (AvgIpc) is 4.05. The Labute approximate surface area is 384 Å². The van der Waals surface area contributed by atoms with Gasteiger partial charge in [0.05, 0.1) is 33.3 Å². The van der Waals surface area contributed by atoms with Gasteiger partial charge in [0.25, 0.3) is 0 Å². The third-order valence-electron chi connectivity index (χ3n) is 13.4.